The topological polar surface area (TPSA) is 78.9 Å². The molecule has 0 bridgehead atoms. The van der Waals surface area contributed by atoms with Gasteiger partial charge in [-0.15, -0.1) is 0 Å². The second-order valence-electron chi connectivity index (χ2n) is 13.2. The number of carbonyl (C=O) groups excluding carboxylic acids is 2. The number of nitrogens with zero attached hydrogens (tertiary/aromatic N) is 1. The number of fused-ring (bicyclic) bond motifs is 1. The first-order chi connectivity index (χ1) is 19.7. The fourth-order valence-electron chi connectivity index (χ4n) is 8.17. The van der Waals surface area contributed by atoms with E-state index in [2.05, 4.69) is 102 Å². The largest absolute Gasteiger partial charge is 0.356 e. The average molecular weight is 569 g/mol. The summed E-state index contributed by atoms with van der Waals surface area (Å²) in [4.78, 5) is 29.3. The molecule has 0 saturated heterocycles. The van der Waals surface area contributed by atoms with Crippen LogP contribution in [0, 0.1) is 27.7 Å². The van der Waals surface area contributed by atoms with E-state index in [1.54, 1.807) is 0 Å². The van der Waals surface area contributed by atoms with Gasteiger partial charge in [-0.05, 0) is 112 Å². The maximum atomic E-state index is 12.8. The molecule has 0 fully saturated rings. The zero-order valence-corrected chi connectivity index (χ0v) is 27.5. The molecule has 3 aliphatic heterocycles. The van der Waals surface area contributed by atoms with Crippen molar-refractivity contribution in [3.05, 3.63) is 78.7 Å². The molecule has 42 heavy (non-hydrogen) atoms. The van der Waals surface area contributed by atoms with Crippen LogP contribution in [-0.4, -0.2) is 21.4 Å². The van der Waals surface area contributed by atoms with Gasteiger partial charge in [0.15, 0.2) is 0 Å². The molecule has 0 aliphatic carbocycles. The van der Waals surface area contributed by atoms with E-state index in [0.29, 0.717) is 0 Å². The highest BCUT2D eigenvalue weighted by atomic mass is 16.2. The number of H-pyrrole nitrogens is 1. The van der Waals surface area contributed by atoms with E-state index in [4.69, 9.17) is 0 Å². The van der Waals surface area contributed by atoms with Crippen molar-refractivity contribution >= 4 is 24.0 Å². The smallest absolute Gasteiger partial charge is 0.251 e. The molecular weight excluding hydrogens is 520 g/mol. The fraction of sp³-hybridized carbons (Fsp3) is 0.500. The Morgan fingerprint density at radius 3 is 1.69 bits per heavy atom. The molecule has 5 rings (SSSR count). The molecule has 6 nitrogen and oxygen atoms in total. The number of allylic oxidation sites excluding steroid dienone is 2. The summed E-state index contributed by atoms with van der Waals surface area (Å²) in [7, 11) is 0. The summed E-state index contributed by atoms with van der Waals surface area (Å²) in [6.45, 7) is 24.2. The second kappa shape index (κ2) is 10.3. The van der Waals surface area contributed by atoms with Crippen LogP contribution in [0.15, 0.2) is 33.7 Å². The zero-order chi connectivity index (χ0) is 30.9. The van der Waals surface area contributed by atoms with E-state index in [1.165, 1.54) is 33.6 Å². The summed E-state index contributed by atoms with van der Waals surface area (Å²) in [5, 5.41) is 6.31. The molecule has 0 spiro atoms. The van der Waals surface area contributed by atoms with Crippen molar-refractivity contribution in [2.24, 2.45) is 0 Å². The standard InChI is InChI=1S/C36H48N4O2/c1-12-23-25(14-3)33(41)38-28(23)16-27-19(5)21(7)31(37-27)36(11)18-35(9,10)32-22(8)20(6)30(40(32)36)17-29-24(13-2)26(15-4)34(42)39-29/h16-17,37H,12-15,18H2,1-11H3,(H,38,41)(H,39,42)/b28-16-,29-17-. The molecule has 0 aromatic carbocycles. The number of aromatic amines is 1. The molecule has 1 unspecified atom stereocenters. The average Bonchev–Trinajstić information content (AvgIpc) is 3.64. The van der Waals surface area contributed by atoms with Crippen molar-refractivity contribution in [2.45, 2.75) is 119 Å². The van der Waals surface area contributed by atoms with Gasteiger partial charge in [-0.25, -0.2) is 0 Å². The van der Waals surface area contributed by atoms with E-state index in [1.807, 2.05) is 6.92 Å². The first kappa shape index (κ1) is 29.9. The minimum absolute atomic E-state index is 0.0256. The predicted octanol–water partition coefficient (Wildman–Crippen LogP) is 7.67. The van der Waals surface area contributed by atoms with Gasteiger partial charge in [0, 0.05) is 50.7 Å². The number of carbonyl (C=O) groups is 2. The van der Waals surface area contributed by atoms with Gasteiger partial charge in [0.2, 0.25) is 0 Å². The Morgan fingerprint density at radius 2 is 1.19 bits per heavy atom. The quantitative estimate of drug-likeness (QED) is 0.320. The number of rotatable bonds is 7. The van der Waals surface area contributed by atoms with Crippen molar-refractivity contribution in [1.82, 2.24) is 20.2 Å². The van der Waals surface area contributed by atoms with E-state index < -0.39 is 0 Å². The highest BCUT2D eigenvalue weighted by molar-refractivity contribution is 6.02. The summed E-state index contributed by atoms with van der Waals surface area (Å²) in [6.07, 6.45) is 8.40. The van der Waals surface area contributed by atoms with Crippen LogP contribution in [-0.2, 0) is 20.5 Å². The molecule has 2 aromatic heterocycles. The van der Waals surface area contributed by atoms with Crippen LogP contribution < -0.4 is 10.6 Å². The predicted molar refractivity (Wildman–Crippen MR) is 172 cm³/mol. The maximum absolute atomic E-state index is 12.8. The van der Waals surface area contributed by atoms with Crippen LogP contribution in [0.5, 0.6) is 0 Å². The zero-order valence-electron chi connectivity index (χ0n) is 27.5. The van der Waals surface area contributed by atoms with Gasteiger partial charge in [-0.1, -0.05) is 41.5 Å². The maximum Gasteiger partial charge on any atom is 0.251 e. The van der Waals surface area contributed by atoms with E-state index in [-0.39, 0.29) is 22.8 Å². The first-order valence-electron chi connectivity index (χ1n) is 15.7. The molecule has 2 aromatic rings. The van der Waals surface area contributed by atoms with Crippen LogP contribution in [0.2, 0.25) is 0 Å². The van der Waals surface area contributed by atoms with Gasteiger partial charge in [0.05, 0.1) is 5.54 Å². The Balaban J connectivity index is 1.71. The number of nitrogens with one attached hydrogen (secondary N) is 3. The Hall–Kier alpha value is -3.54. The number of hydrogen-bond donors (Lipinski definition) is 3. The van der Waals surface area contributed by atoms with Crippen LogP contribution in [0.25, 0.3) is 12.2 Å². The third kappa shape index (κ3) is 4.20. The van der Waals surface area contributed by atoms with Gasteiger partial charge in [-0.2, -0.15) is 0 Å². The van der Waals surface area contributed by atoms with Gasteiger partial charge >= 0.3 is 0 Å². The second-order valence-corrected chi connectivity index (χ2v) is 13.2. The van der Waals surface area contributed by atoms with Gasteiger partial charge in [-0.3, -0.25) is 9.59 Å². The minimum atomic E-state index is -0.334. The normalized spacial score (nSPS) is 23.6. The lowest BCUT2D eigenvalue weighted by Crippen LogP contribution is -2.31. The molecule has 1 atom stereocenters. The lowest BCUT2D eigenvalue weighted by molar-refractivity contribution is -0.117. The van der Waals surface area contributed by atoms with Crippen LogP contribution in [0.3, 0.4) is 0 Å². The SMILES string of the molecule is CCC1=C(CC)/C(=C/c2[nH]c(C3(C)CC(C)(C)c4c(C)c(C)c(/C=C5\NC(=O)C(CC)=C5CC)n43)c(C)c2C)NC1=O. The monoisotopic (exact) mass is 568 g/mol. The van der Waals surface area contributed by atoms with E-state index in [9.17, 15) is 9.59 Å². The highest BCUT2D eigenvalue weighted by Crippen LogP contribution is 2.53. The fourth-order valence-corrected chi connectivity index (χ4v) is 8.17. The summed E-state index contributed by atoms with van der Waals surface area (Å²) >= 11 is 0. The molecule has 224 valence electrons. The third-order valence-electron chi connectivity index (χ3n) is 10.2. The number of hydrogen-bond acceptors (Lipinski definition) is 2. The lowest BCUT2D eigenvalue weighted by atomic mass is 9.78. The summed E-state index contributed by atoms with van der Waals surface area (Å²) in [6, 6.07) is 0. The molecule has 3 N–H and O–H groups in total. The molecule has 0 saturated carbocycles. The van der Waals surface area contributed by atoms with Gasteiger partial charge < -0.3 is 20.2 Å². The summed E-state index contributed by atoms with van der Waals surface area (Å²) < 4.78 is 2.55. The van der Waals surface area contributed by atoms with Crippen molar-refractivity contribution in [3.8, 4) is 0 Å². The van der Waals surface area contributed by atoms with Crippen molar-refractivity contribution in [3.63, 3.8) is 0 Å². The molecular formula is C36H48N4O2. The molecule has 0 radical (unpaired) electrons. The Kier molecular flexibility index (Phi) is 7.36. The number of aromatic nitrogens is 2. The summed E-state index contributed by atoms with van der Waals surface area (Å²) in [5.74, 6) is 0.0584. The Morgan fingerprint density at radius 1 is 0.690 bits per heavy atom. The molecule has 3 aliphatic rings. The Bertz CT molecular complexity index is 1650. The first-order valence-corrected chi connectivity index (χ1v) is 15.7. The van der Waals surface area contributed by atoms with Crippen molar-refractivity contribution < 1.29 is 9.59 Å². The van der Waals surface area contributed by atoms with E-state index >= 15 is 0 Å². The molecule has 2 amide bonds. The van der Waals surface area contributed by atoms with Crippen LogP contribution in [0.4, 0.5) is 0 Å². The van der Waals surface area contributed by atoms with Gasteiger partial charge in [0.25, 0.3) is 11.8 Å². The minimum Gasteiger partial charge on any atom is -0.356 e. The van der Waals surface area contributed by atoms with Gasteiger partial charge in [0.1, 0.15) is 0 Å². The van der Waals surface area contributed by atoms with Crippen molar-refractivity contribution in [2.75, 3.05) is 0 Å². The molecule has 6 heteroatoms. The Labute approximate surface area is 251 Å². The van der Waals surface area contributed by atoms with Crippen LogP contribution >= 0.6 is 0 Å². The third-order valence-corrected chi connectivity index (χ3v) is 10.2. The summed E-state index contributed by atoms with van der Waals surface area (Å²) in [5.41, 5.74) is 15.3. The lowest BCUT2D eigenvalue weighted by Gasteiger charge is -2.31. The van der Waals surface area contributed by atoms with Crippen molar-refractivity contribution in [1.29, 1.82) is 0 Å². The number of amides is 2. The molecule has 5 heterocycles. The highest BCUT2D eigenvalue weighted by Gasteiger charge is 2.50. The van der Waals surface area contributed by atoms with E-state index in [0.717, 1.165) is 77.2 Å². The van der Waals surface area contributed by atoms with Crippen LogP contribution in [0.1, 0.15) is 126 Å².